The summed E-state index contributed by atoms with van der Waals surface area (Å²) in [7, 11) is 1.54. The van der Waals surface area contributed by atoms with E-state index in [0.29, 0.717) is 27.4 Å². The minimum Gasteiger partial charge on any atom is -0.495 e. The predicted octanol–water partition coefficient (Wildman–Crippen LogP) is 5.10. The number of rotatable bonds is 7. The molecule has 0 bridgehead atoms. The fourth-order valence-electron chi connectivity index (χ4n) is 3.22. The van der Waals surface area contributed by atoms with Crippen molar-refractivity contribution in [1.29, 1.82) is 0 Å². The Kier molecular flexibility index (Phi) is 6.86. The number of carbonyl (C=O) groups excluding carboxylic acids is 1. The maximum atomic E-state index is 13.3. The van der Waals surface area contributed by atoms with Crippen LogP contribution in [0, 0.1) is 6.92 Å². The molecule has 0 aliphatic rings. The topological polar surface area (TPSA) is 95.1 Å². The van der Waals surface area contributed by atoms with Gasteiger partial charge in [0.2, 0.25) is 11.1 Å². The molecule has 0 fully saturated rings. The first-order valence-electron chi connectivity index (χ1n) is 10.1. The van der Waals surface area contributed by atoms with Crippen LogP contribution in [0.2, 0.25) is 5.02 Å². The first-order valence-corrected chi connectivity index (χ1v) is 11.4. The van der Waals surface area contributed by atoms with E-state index in [4.69, 9.17) is 22.2 Å². The Morgan fingerprint density at radius 2 is 1.82 bits per heavy atom. The quantitative estimate of drug-likeness (QED) is 0.283. The summed E-state index contributed by atoms with van der Waals surface area (Å²) in [5.74, 6) is 7.12. The van der Waals surface area contributed by atoms with Gasteiger partial charge in [-0.3, -0.25) is 4.79 Å². The molecule has 0 spiro atoms. The largest absolute Gasteiger partial charge is 0.495 e. The second-order valence-electron chi connectivity index (χ2n) is 7.29. The third-order valence-electron chi connectivity index (χ3n) is 4.96. The second kappa shape index (κ2) is 9.97. The third-order valence-corrected chi connectivity index (χ3v) is 6.46. The van der Waals surface area contributed by atoms with Crippen molar-refractivity contribution >= 4 is 35.0 Å². The molecular weight excluding hydrogens is 458 g/mol. The third kappa shape index (κ3) is 5.13. The van der Waals surface area contributed by atoms with E-state index in [-0.39, 0.29) is 5.91 Å². The standard InChI is InChI=1S/C24H22ClN5O2S/c1-15-8-10-17(11-9-15)22-28-29-24(30(22)26)33-21(16-6-4-3-5-7-16)23(31)27-18-12-13-20(32-2)19(25)14-18/h3-14,21H,26H2,1-2H3,(H,27,31). The molecule has 9 heteroatoms. The molecule has 1 heterocycles. The Morgan fingerprint density at radius 3 is 2.48 bits per heavy atom. The van der Waals surface area contributed by atoms with Gasteiger partial charge in [-0.25, -0.2) is 4.68 Å². The van der Waals surface area contributed by atoms with E-state index in [2.05, 4.69) is 15.5 Å². The lowest BCUT2D eigenvalue weighted by molar-refractivity contribution is -0.115. The van der Waals surface area contributed by atoms with Crippen LogP contribution < -0.4 is 15.9 Å². The number of nitrogens with one attached hydrogen (secondary N) is 1. The minimum atomic E-state index is -0.621. The molecule has 4 aromatic rings. The van der Waals surface area contributed by atoms with E-state index < -0.39 is 5.25 Å². The summed E-state index contributed by atoms with van der Waals surface area (Å²) in [6, 6.07) is 22.3. The summed E-state index contributed by atoms with van der Waals surface area (Å²) in [5.41, 5.74) is 3.34. The van der Waals surface area contributed by atoms with Gasteiger partial charge in [-0.15, -0.1) is 10.2 Å². The molecular formula is C24H22ClN5O2S. The molecule has 1 atom stereocenters. The first-order chi connectivity index (χ1) is 16.0. The average molecular weight is 480 g/mol. The molecule has 0 aliphatic heterocycles. The highest BCUT2D eigenvalue weighted by molar-refractivity contribution is 8.00. The number of nitrogens with zero attached hydrogens (tertiary/aromatic N) is 3. The molecule has 1 amide bonds. The Hall–Kier alpha value is -3.49. The Bertz CT molecular complexity index is 1260. The van der Waals surface area contributed by atoms with Crippen LogP contribution in [0.25, 0.3) is 11.4 Å². The van der Waals surface area contributed by atoms with Gasteiger partial charge in [0.05, 0.1) is 12.1 Å². The van der Waals surface area contributed by atoms with E-state index >= 15 is 0 Å². The molecule has 0 saturated carbocycles. The number of aromatic nitrogens is 3. The summed E-state index contributed by atoms with van der Waals surface area (Å²) in [4.78, 5) is 13.3. The highest BCUT2D eigenvalue weighted by Gasteiger charge is 2.26. The highest BCUT2D eigenvalue weighted by atomic mass is 35.5. The number of thioether (sulfide) groups is 1. The van der Waals surface area contributed by atoms with Gasteiger partial charge in [0.25, 0.3) is 0 Å². The molecule has 7 nitrogen and oxygen atoms in total. The molecule has 33 heavy (non-hydrogen) atoms. The van der Waals surface area contributed by atoms with E-state index in [1.807, 2.05) is 61.5 Å². The van der Waals surface area contributed by atoms with Crippen LogP contribution in [0.1, 0.15) is 16.4 Å². The Balaban J connectivity index is 1.61. The van der Waals surface area contributed by atoms with Crippen molar-refractivity contribution in [3.8, 4) is 17.1 Å². The van der Waals surface area contributed by atoms with Crippen molar-refractivity contribution in [3.63, 3.8) is 0 Å². The van der Waals surface area contributed by atoms with Crippen LogP contribution in [-0.2, 0) is 4.79 Å². The summed E-state index contributed by atoms with van der Waals surface area (Å²) in [5, 5.41) is 11.6. The number of aryl methyl sites for hydroxylation is 1. The van der Waals surface area contributed by atoms with Crippen molar-refractivity contribution in [1.82, 2.24) is 14.9 Å². The summed E-state index contributed by atoms with van der Waals surface area (Å²) in [6.07, 6.45) is 0. The number of nitrogens with two attached hydrogens (primary N) is 1. The van der Waals surface area contributed by atoms with Gasteiger partial charge in [0.15, 0.2) is 5.82 Å². The molecule has 0 saturated heterocycles. The normalized spacial score (nSPS) is 11.7. The summed E-state index contributed by atoms with van der Waals surface area (Å²) >= 11 is 7.43. The summed E-state index contributed by atoms with van der Waals surface area (Å²) < 4.78 is 6.58. The van der Waals surface area contributed by atoms with Gasteiger partial charge < -0.3 is 15.9 Å². The fraction of sp³-hybridized carbons (Fsp3) is 0.125. The molecule has 3 N–H and O–H groups in total. The van der Waals surface area contributed by atoms with Crippen molar-refractivity contribution in [3.05, 3.63) is 88.9 Å². The van der Waals surface area contributed by atoms with Crippen LogP contribution >= 0.6 is 23.4 Å². The lowest BCUT2D eigenvalue weighted by atomic mass is 10.1. The monoisotopic (exact) mass is 479 g/mol. The second-order valence-corrected chi connectivity index (χ2v) is 8.77. The van der Waals surface area contributed by atoms with E-state index in [9.17, 15) is 4.79 Å². The number of amides is 1. The van der Waals surface area contributed by atoms with E-state index in [1.165, 1.54) is 23.5 Å². The zero-order chi connectivity index (χ0) is 23.4. The van der Waals surface area contributed by atoms with Gasteiger partial charge in [0.1, 0.15) is 11.0 Å². The zero-order valence-corrected chi connectivity index (χ0v) is 19.6. The number of hydrogen-bond acceptors (Lipinski definition) is 6. The number of nitrogen functional groups attached to an aromatic ring is 1. The van der Waals surface area contributed by atoms with E-state index in [1.54, 1.807) is 18.2 Å². The van der Waals surface area contributed by atoms with Crippen molar-refractivity contribution in [2.75, 3.05) is 18.3 Å². The number of benzene rings is 3. The molecule has 4 rings (SSSR count). The van der Waals surface area contributed by atoms with Crippen LogP contribution in [0.3, 0.4) is 0 Å². The maximum absolute atomic E-state index is 13.3. The zero-order valence-electron chi connectivity index (χ0n) is 18.0. The molecule has 0 aliphatic carbocycles. The maximum Gasteiger partial charge on any atom is 0.242 e. The average Bonchev–Trinajstić information content (AvgIpc) is 3.18. The Morgan fingerprint density at radius 1 is 1.09 bits per heavy atom. The van der Waals surface area contributed by atoms with Gasteiger partial charge >= 0.3 is 0 Å². The number of carbonyl (C=O) groups is 1. The smallest absolute Gasteiger partial charge is 0.242 e. The van der Waals surface area contributed by atoms with Gasteiger partial charge in [-0.05, 0) is 30.7 Å². The van der Waals surface area contributed by atoms with Crippen LogP contribution in [-0.4, -0.2) is 27.9 Å². The highest BCUT2D eigenvalue weighted by Crippen LogP contribution is 2.36. The number of methoxy groups -OCH3 is 1. The number of anilines is 1. The molecule has 168 valence electrons. The molecule has 1 aromatic heterocycles. The van der Waals surface area contributed by atoms with Crippen LogP contribution in [0.4, 0.5) is 5.69 Å². The van der Waals surface area contributed by atoms with Crippen molar-refractivity contribution in [2.45, 2.75) is 17.3 Å². The van der Waals surface area contributed by atoms with Crippen molar-refractivity contribution in [2.24, 2.45) is 0 Å². The first kappa shape index (κ1) is 22.7. The summed E-state index contributed by atoms with van der Waals surface area (Å²) in [6.45, 7) is 2.01. The van der Waals surface area contributed by atoms with Gasteiger partial charge in [-0.1, -0.05) is 83.5 Å². The van der Waals surface area contributed by atoms with Crippen LogP contribution in [0.15, 0.2) is 78.0 Å². The van der Waals surface area contributed by atoms with Gasteiger partial charge in [-0.2, -0.15) is 0 Å². The van der Waals surface area contributed by atoms with E-state index in [0.717, 1.165) is 16.7 Å². The molecule has 0 radical (unpaired) electrons. The Labute approximate surface area is 200 Å². The number of halogens is 1. The molecule has 1 unspecified atom stereocenters. The van der Waals surface area contributed by atoms with Crippen LogP contribution in [0.5, 0.6) is 5.75 Å². The number of hydrogen-bond donors (Lipinski definition) is 2. The molecule has 3 aromatic carbocycles. The van der Waals surface area contributed by atoms with Crippen molar-refractivity contribution < 1.29 is 9.53 Å². The fourth-order valence-corrected chi connectivity index (χ4v) is 4.43. The van der Waals surface area contributed by atoms with Gasteiger partial charge in [0, 0.05) is 11.3 Å². The minimum absolute atomic E-state index is 0.243. The number of ether oxygens (including phenoxy) is 1. The lowest BCUT2D eigenvalue weighted by Gasteiger charge is -2.17. The predicted molar refractivity (Wildman–Crippen MR) is 132 cm³/mol. The SMILES string of the molecule is COc1ccc(NC(=O)C(Sc2nnc(-c3ccc(C)cc3)n2N)c2ccccc2)cc1Cl. The lowest BCUT2D eigenvalue weighted by Crippen LogP contribution is -2.20.